The summed E-state index contributed by atoms with van der Waals surface area (Å²) in [5.41, 5.74) is -1.98. The Morgan fingerprint density at radius 2 is 1.44 bits per heavy atom. The van der Waals surface area contributed by atoms with Crippen LogP contribution < -0.4 is 0 Å². The predicted molar refractivity (Wildman–Crippen MR) is 125 cm³/mol. The van der Waals surface area contributed by atoms with Crippen LogP contribution in [-0.2, 0) is 42.9 Å². The molecule has 0 radical (unpaired) electrons. The average molecular weight is 513 g/mol. The summed E-state index contributed by atoms with van der Waals surface area (Å²) >= 11 is 0. The van der Waals surface area contributed by atoms with Crippen molar-refractivity contribution in [1.82, 2.24) is 0 Å². The van der Waals surface area contributed by atoms with Crippen molar-refractivity contribution in [2.75, 3.05) is 6.61 Å². The largest absolute Gasteiger partial charge is 0.456 e. The second-order valence-electron chi connectivity index (χ2n) is 11.3. The van der Waals surface area contributed by atoms with Gasteiger partial charge in [-0.3, -0.25) is 19.2 Å². The number of ketones is 1. The number of carbonyl (C=O) groups is 4. The molecule has 3 fully saturated rings. The Balaban J connectivity index is 1.87. The number of carbonyl (C=O) groups excluding carboxylic acids is 4. The van der Waals surface area contributed by atoms with E-state index in [2.05, 4.69) is 6.92 Å². The van der Waals surface area contributed by atoms with Gasteiger partial charge in [0.05, 0.1) is 23.7 Å². The van der Waals surface area contributed by atoms with E-state index in [-0.39, 0.29) is 23.7 Å². The maximum Gasteiger partial charge on any atom is 0.303 e. The van der Waals surface area contributed by atoms with Gasteiger partial charge in [0.2, 0.25) is 0 Å². The predicted octanol–water partition coefficient (Wildman–Crippen LogP) is 2.47. The molecule has 1 saturated heterocycles. The Morgan fingerprint density at radius 3 is 2.00 bits per heavy atom. The SMILES string of the molecule is CC(=O)O[C@@H]1[C@@H](OC(C)=O)[C@H](OC(C)(C)[C@@H]2CC[C@@]3(C)CC[C@@H](O)[C@@]3(C(C)=O)C2)OC[C@H]1OC(C)=O. The van der Waals surface area contributed by atoms with Gasteiger partial charge in [-0.05, 0) is 64.2 Å². The first kappa shape index (κ1) is 28.5. The van der Waals surface area contributed by atoms with Crippen LogP contribution in [0.15, 0.2) is 0 Å². The smallest absolute Gasteiger partial charge is 0.303 e. The van der Waals surface area contributed by atoms with E-state index in [9.17, 15) is 24.3 Å². The van der Waals surface area contributed by atoms with Gasteiger partial charge < -0.3 is 28.8 Å². The van der Waals surface area contributed by atoms with Crippen LogP contribution in [0.25, 0.3) is 0 Å². The number of aliphatic hydroxyl groups excluding tert-OH is 1. The zero-order valence-electron chi connectivity index (χ0n) is 22.3. The van der Waals surface area contributed by atoms with Crippen LogP contribution in [0.3, 0.4) is 0 Å². The molecule has 36 heavy (non-hydrogen) atoms. The van der Waals surface area contributed by atoms with Crippen LogP contribution in [0, 0.1) is 16.7 Å². The highest BCUT2D eigenvalue weighted by Crippen LogP contribution is 2.63. The summed E-state index contributed by atoms with van der Waals surface area (Å²) in [6.45, 7) is 10.9. The van der Waals surface area contributed by atoms with Gasteiger partial charge in [0.15, 0.2) is 24.6 Å². The van der Waals surface area contributed by atoms with Crippen molar-refractivity contribution >= 4 is 23.7 Å². The molecule has 1 aliphatic heterocycles. The van der Waals surface area contributed by atoms with Gasteiger partial charge in [0.25, 0.3) is 0 Å². The minimum atomic E-state index is -1.18. The standard InChI is InChI=1S/C26H40O10/c1-14(27)26-12-18(8-10-25(26,7)11-9-20(26)31)24(5,6)36-23-22(35-17(4)30)21(34-16(3)29)19(13-32-23)33-15(2)28/h18-23,31H,8-13H2,1-7H3/t18-,19-,20-,21+,22-,23+,25+,26+/m1/s1. The Labute approximate surface area is 212 Å². The van der Waals surface area contributed by atoms with Gasteiger partial charge >= 0.3 is 17.9 Å². The molecule has 0 aromatic rings. The summed E-state index contributed by atoms with van der Waals surface area (Å²) in [7, 11) is 0. The Kier molecular flexibility index (Phi) is 8.22. The van der Waals surface area contributed by atoms with E-state index >= 15 is 0 Å². The van der Waals surface area contributed by atoms with Crippen molar-refractivity contribution in [2.45, 2.75) is 117 Å². The number of Topliss-reactive ketones (excluding diaryl/α,β-unsaturated/α-hetero) is 1. The first-order valence-corrected chi connectivity index (χ1v) is 12.6. The highest BCUT2D eigenvalue weighted by Gasteiger charge is 2.64. The fraction of sp³-hybridized carbons (Fsp3) is 0.846. The number of ether oxygens (including phenoxy) is 5. The van der Waals surface area contributed by atoms with Crippen molar-refractivity contribution in [3.63, 3.8) is 0 Å². The highest BCUT2D eigenvalue weighted by molar-refractivity contribution is 5.84. The van der Waals surface area contributed by atoms with Crippen molar-refractivity contribution in [2.24, 2.45) is 16.7 Å². The maximum absolute atomic E-state index is 13.0. The number of fused-ring (bicyclic) bond motifs is 1. The lowest BCUT2D eigenvalue weighted by atomic mass is 9.52. The molecule has 3 aliphatic rings. The monoisotopic (exact) mass is 512 g/mol. The van der Waals surface area contributed by atoms with Crippen molar-refractivity contribution in [1.29, 1.82) is 0 Å². The van der Waals surface area contributed by atoms with Crippen molar-refractivity contribution in [3.8, 4) is 0 Å². The molecule has 0 aromatic heterocycles. The number of aliphatic hydroxyl groups is 1. The summed E-state index contributed by atoms with van der Waals surface area (Å²) in [6.07, 6.45) is -1.73. The lowest BCUT2D eigenvalue weighted by Crippen LogP contribution is -2.61. The van der Waals surface area contributed by atoms with E-state index in [1.807, 2.05) is 13.8 Å². The molecule has 1 N–H and O–H groups in total. The van der Waals surface area contributed by atoms with Gasteiger partial charge in [0.1, 0.15) is 5.78 Å². The van der Waals surface area contributed by atoms with E-state index < -0.39 is 59.6 Å². The molecule has 0 aromatic carbocycles. The van der Waals surface area contributed by atoms with Crippen LogP contribution in [0.1, 0.15) is 80.6 Å². The minimum Gasteiger partial charge on any atom is -0.456 e. The zero-order chi connectivity index (χ0) is 27.1. The molecule has 10 heteroatoms. The first-order valence-electron chi connectivity index (χ1n) is 12.6. The molecule has 3 rings (SSSR count). The van der Waals surface area contributed by atoms with Crippen LogP contribution in [0.4, 0.5) is 0 Å². The third-order valence-electron chi connectivity index (χ3n) is 8.56. The summed E-state index contributed by atoms with van der Waals surface area (Å²) in [5, 5.41) is 10.9. The zero-order valence-corrected chi connectivity index (χ0v) is 22.3. The molecule has 10 nitrogen and oxygen atoms in total. The third kappa shape index (κ3) is 5.31. The van der Waals surface area contributed by atoms with Gasteiger partial charge in [-0.25, -0.2) is 0 Å². The van der Waals surface area contributed by atoms with Gasteiger partial charge in [-0.1, -0.05) is 6.92 Å². The van der Waals surface area contributed by atoms with Crippen molar-refractivity contribution < 1.29 is 48.0 Å². The molecule has 0 unspecified atom stereocenters. The fourth-order valence-corrected chi connectivity index (χ4v) is 6.64. The van der Waals surface area contributed by atoms with E-state index in [1.54, 1.807) is 6.92 Å². The van der Waals surface area contributed by atoms with Gasteiger partial charge in [0, 0.05) is 20.8 Å². The molecule has 0 amide bonds. The molecule has 2 aliphatic carbocycles. The molecule has 8 atom stereocenters. The summed E-state index contributed by atoms with van der Waals surface area (Å²) < 4.78 is 28.4. The van der Waals surface area contributed by atoms with E-state index in [0.29, 0.717) is 12.8 Å². The molecule has 204 valence electrons. The minimum absolute atomic E-state index is 0.0126. The Hall–Kier alpha value is -2.04. The lowest BCUT2D eigenvalue weighted by molar-refractivity contribution is -0.311. The van der Waals surface area contributed by atoms with Crippen LogP contribution in [0.5, 0.6) is 0 Å². The number of rotatable bonds is 7. The average Bonchev–Trinajstić information content (AvgIpc) is 3.02. The van der Waals surface area contributed by atoms with E-state index in [0.717, 1.165) is 19.3 Å². The molecule has 2 saturated carbocycles. The first-order chi connectivity index (χ1) is 16.6. The molecular weight excluding hydrogens is 472 g/mol. The Morgan fingerprint density at radius 1 is 0.889 bits per heavy atom. The van der Waals surface area contributed by atoms with E-state index in [4.69, 9.17) is 23.7 Å². The second kappa shape index (κ2) is 10.4. The second-order valence-corrected chi connectivity index (χ2v) is 11.3. The third-order valence-corrected chi connectivity index (χ3v) is 8.56. The summed E-state index contributed by atoms with van der Waals surface area (Å²) in [5.74, 6) is -2.01. The van der Waals surface area contributed by atoms with Gasteiger partial charge in [-0.15, -0.1) is 0 Å². The number of hydrogen-bond donors (Lipinski definition) is 1. The molecule has 0 bridgehead atoms. The van der Waals surface area contributed by atoms with Crippen LogP contribution in [-0.4, -0.2) is 71.7 Å². The molecule has 0 spiro atoms. The van der Waals surface area contributed by atoms with Gasteiger partial charge in [-0.2, -0.15) is 0 Å². The maximum atomic E-state index is 13.0. The van der Waals surface area contributed by atoms with Crippen molar-refractivity contribution in [3.05, 3.63) is 0 Å². The highest BCUT2D eigenvalue weighted by atomic mass is 16.7. The summed E-state index contributed by atoms with van der Waals surface area (Å²) in [6, 6.07) is 0. The number of esters is 3. The molecule has 1 heterocycles. The van der Waals surface area contributed by atoms with E-state index in [1.165, 1.54) is 20.8 Å². The Bertz CT molecular complexity index is 884. The van der Waals surface area contributed by atoms with Crippen LogP contribution >= 0.6 is 0 Å². The topological polar surface area (TPSA) is 135 Å². The normalized spacial score (nSPS) is 38.6. The lowest BCUT2D eigenvalue weighted by Gasteiger charge is -2.54. The van der Waals surface area contributed by atoms with Crippen LogP contribution in [0.2, 0.25) is 0 Å². The quantitative estimate of drug-likeness (QED) is 0.400. The molecular formula is C26H40O10. The summed E-state index contributed by atoms with van der Waals surface area (Å²) in [4.78, 5) is 48.4. The number of hydrogen-bond acceptors (Lipinski definition) is 10. The fourth-order valence-electron chi connectivity index (χ4n) is 6.64.